The largest absolute Gasteiger partial charge is 0.395 e. The number of hydrogen-bond donors (Lipinski definition) is 2. The van der Waals surface area contributed by atoms with Crippen molar-refractivity contribution in [1.82, 2.24) is 9.80 Å². The summed E-state index contributed by atoms with van der Waals surface area (Å²) in [6, 6.07) is 0.696. The zero-order valence-electron chi connectivity index (χ0n) is 11.8. The normalized spacial score (nSPS) is 23.3. The lowest BCUT2D eigenvalue weighted by Crippen LogP contribution is -2.56. The molecule has 2 atom stereocenters. The molecule has 4 heteroatoms. The molecule has 0 aromatic carbocycles. The zero-order chi connectivity index (χ0) is 13.0. The van der Waals surface area contributed by atoms with Gasteiger partial charge in [0.1, 0.15) is 0 Å². The molecule has 4 nitrogen and oxygen atoms in total. The van der Waals surface area contributed by atoms with Crippen LogP contribution in [0.5, 0.6) is 0 Å². The van der Waals surface area contributed by atoms with E-state index in [2.05, 4.69) is 37.7 Å². The molecule has 0 spiro atoms. The maximum absolute atomic E-state index is 9.57. The van der Waals surface area contributed by atoms with Crippen molar-refractivity contribution in [1.29, 1.82) is 0 Å². The van der Waals surface area contributed by atoms with Crippen LogP contribution in [0, 0.1) is 5.92 Å². The van der Waals surface area contributed by atoms with E-state index in [1.807, 2.05) is 0 Å². The van der Waals surface area contributed by atoms with Gasteiger partial charge in [0.2, 0.25) is 0 Å². The first-order valence-corrected chi connectivity index (χ1v) is 6.74. The summed E-state index contributed by atoms with van der Waals surface area (Å²) in [4.78, 5) is 4.67. The molecule has 0 amide bonds. The highest BCUT2D eigenvalue weighted by Crippen LogP contribution is 2.19. The minimum absolute atomic E-state index is 0.0460. The Morgan fingerprint density at radius 2 is 1.88 bits per heavy atom. The molecule has 1 aliphatic heterocycles. The van der Waals surface area contributed by atoms with Crippen LogP contribution < -0.4 is 5.73 Å². The predicted molar refractivity (Wildman–Crippen MR) is 72.0 cm³/mol. The Hall–Kier alpha value is -0.160. The highest BCUT2D eigenvalue weighted by molar-refractivity contribution is 4.87. The van der Waals surface area contributed by atoms with Gasteiger partial charge < -0.3 is 15.7 Å². The van der Waals surface area contributed by atoms with Crippen LogP contribution in [0.15, 0.2) is 0 Å². The lowest BCUT2D eigenvalue weighted by atomic mass is 9.94. The Labute approximate surface area is 106 Å². The van der Waals surface area contributed by atoms with Gasteiger partial charge in [-0.15, -0.1) is 0 Å². The fourth-order valence-corrected chi connectivity index (χ4v) is 2.64. The molecular formula is C13H29N3O. The van der Waals surface area contributed by atoms with Crippen molar-refractivity contribution in [2.45, 2.75) is 44.8 Å². The number of rotatable bonds is 5. The number of aliphatic hydroxyl groups is 1. The number of hydrogen-bond acceptors (Lipinski definition) is 4. The minimum Gasteiger partial charge on any atom is -0.395 e. The van der Waals surface area contributed by atoms with Crippen molar-refractivity contribution in [3.05, 3.63) is 0 Å². The molecule has 1 aliphatic rings. The van der Waals surface area contributed by atoms with Crippen LogP contribution in [-0.4, -0.2) is 66.8 Å². The van der Waals surface area contributed by atoms with E-state index in [0.29, 0.717) is 12.0 Å². The van der Waals surface area contributed by atoms with Gasteiger partial charge in [-0.2, -0.15) is 0 Å². The Morgan fingerprint density at radius 1 is 1.35 bits per heavy atom. The fourth-order valence-electron chi connectivity index (χ4n) is 2.64. The quantitative estimate of drug-likeness (QED) is 0.732. The highest BCUT2D eigenvalue weighted by Gasteiger charge is 2.30. The molecular weight excluding hydrogens is 214 g/mol. The standard InChI is InChI=1S/C13H29N3O/c1-10(2)13(14)12(9-17)16(4)11-5-7-15(3)8-6-11/h10-13,17H,5-9,14H2,1-4H3. The second-order valence-corrected chi connectivity index (χ2v) is 5.77. The SMILES string of the molecule is CC(C)C(N)C(CO)N(C)C1CCN(C)CC1. The number of piperidine rings is 1. The lowest BCUT2D eigenvalue weighted by Gasteiger charge is -2.41. The molecule has 3 N–H and O–H groups in total. The maximum atomic E-state index is 9.57. The summed E-state index contributed by atoms with van der Waals surface area (Å²) in [6.45, 7) is 6.68. The fraction of sp³-hybridized carbons (Fsp3) is 1.00. The summed E-state index contributed by atoms with van der Waals surface area (Å²) in [7, 11) is 4.28. The Bertz CT molecular complexity index is 215. The van der Waals surface area contributed by atoms with Gasteiger partial charge in [-0.3, -0.25) is 4.90 Å². The first-order valence-electron chi connectivity index (χ1n) is 6.74. The summed E-state index contributed by atoms with van der Waals surface area (Å²) in [5, 5.41) is 9.57. The average molecular weight is 243 g/mol. The second-order valence-electron chi connectivity index (χ2n) is 5.77. The van der Waals surface area contributed by atoms with E-state index in [4.69, 9.17) is 5.73 Å². The molecule has 0 aromatic heterocycles. The summed E-state index contributed by atoms with van der Waals surface area (Å²) in [5.41, 5.74) is 6.19. The first kappa shape index (κ1) is 14.9. The van der Waals surface area contributed by atoms with Crippen molar-refractivity contribution in [3.8, 4) is 0 Å². The van der Waals surface area contributed by atoms with Gasteiger partial charge in [-0.25, -0.2) is 0 Å². The highest BCUT2D eigenvalue weighted by atomic mass is 16.3. The molecule has 0 bridgehead atoms. The zero-order valence-corrected chi connectivity index (χ0v) is 11.8. The van der Waals surface area contributed by atoms with Crippen molar-refractivity contribution >= 4 is 0 Å². The minimum atomic E-state index is 0.0460. The van der Waals surface area contributed by atoms with E-state index in [1.165, 1.54) is 12.8 Å². The molecule has 1 fully saturated rings. The van der Waals surface area contributed by atoms with E-state index >= 15 is 0 Å². The van der Waals surface area contributed by atoms with E-state index in [1.54, 1.807) is 0 Å². The second kappa shape index (κ2) is 6.69. The Kier molecular flexibility index (Phi) is 5.86. The van der Waals surface area contributed by atoms with Crippen LogP contribution in [-0.2, 0) is 0 Å². The third-order valence-corrected chi connectivity index (χ3v) is 4.19. The van der Waals surface area contributed by atoms with Gasteiger partial charge >= 0.3 is 0 Å². The first-order chi connectivity index (χ1) is 7.97. The van der Waals surface area contributed by atoms with Gasteiger partial charge in [0, 0.05) is 18.1 Å². The summed E-state index contributed by atoms with van der Waals surface area (Å²) in [6.07, 6.45) is 2.35. The van der Waals surface area contributed by atoms with Crippen LogP contribution in [0.1, 0.15) is 26.7 Å². The van der Waals surface area contributed by atoms with Crippen LogP contribution in [0.3, 0.4) is 0 Å². The Morgan fingerprint density at radius 3 is 2.29 bits per heavy atom. The van der Waals surface area contributed by atoms with E-state index in [0.717, 1.165) is 13.1 Å². The lowest BCUT2D eigenvalue weighted by molar-refractivity contribution is 0.0521. The Balaban J connectivity index is 2.56. The maximum Gasteiger partial charge on any atom is 0.0602 e. The summed E-state index contributed by atoms with van der Waals surface area (Å²) in [5.74, 6) is 0.404. The monoisotopic (exact) mass is 243 g/mol. The van der Waals surface area contributed by atoms with Gasteiger partial charge in [-0.1, -0.05) is 13.8 Å². The molecule has 1 saturated heterocycles. The van der Waals surface area contributed by atoms with E-state index in [-0.39, 0.29) is 18.7 Å². The number of likely N-dealkylation sites (N-methyl/N-ethyl adjacent to an activating group) is 1. The third-order valence-electron chi connectivity index (χ3n) is 4.19. The summed E-state index contributed by atoms with van der Waals surface area (Å²) < 4.78 is 0. The van der Waals surface area contributed by atoms with Gasteiger partial charge in [0.05, 0.1) is 6.61 Å². The molecule has 17 heavy (non-hydrogen) atoms. The van der Waals surface area contributed by atoms with Crippen molar-refractivity contribution in [2.75, 3.05) is 33.8 Å². The van der Waals surface area contributed by atoms with Crippen molar-refractivity contribution < 1.29 is 5.11 Å². The van der Waals surface area contributed by atoms with Crippen LogP contribution in [0.25, 0.3) is 0 Å². The average Bonchev–Trinajstić information content (AvgIpc) is 2.30. The van der Waals surface area contributed by atoms with Crippen molar-refractivity contribution in [3.63, 3.8) is 0 Å². The molecule has 0 radical (unpaired) electrons. The number of nitrogens with zero attached hydrogens (tertiary/aromatic N) is 2. The van der Waals surface area contributed by atoms with Crippen LogP contribution >= 0.6 is 0 Å². The number of aliphatic hydroxyl groups excluding tert-OH is 1. The summed E-state index contributed by atoms with van der Waals surface area (Å²) >= 11 is 0. The van der Waals surface area contributed by atoms with Crippen molar-refractivity contribution in [2.24, 2.45) is 11.7 Å². The van der Waals surface area contributed by atoms with Gasteiger partial charge in [0.25, 0.3) is 0 Å². The molecule has 1 rings (SSSR count). The van der Waals surface area contributed by atoms with E-state index in [9.17, 15) is 5.11 Å². The molecule has 0 aliphatic carbocycles. The van der Waals surface area contributed by atoms with Gasteiger partial charge in [0.15, 0.2) is 0 Å². The van der Waals surface area contributed by atoms with Crippen LogP contribution in [0.2, 0.25) is 0 Å². The number of nitrogens with two attached hydrogens (primary N) is 1. The topological polar surface area (TPSA) is 52.7 Å². The van der Waals surface area contributed by atoms with Gasteiger partial charge in [-0.05, 0) is 45.9 Å². The predicted octanol–water partition coefficient (Wildman–Crippen LogP) is 0.357. The molecule has 0 aromatic rings. The number of likely N-dealkylation sites (tertiary alicyclic amines) is 1. The molecule has 0 saturated carbocycles. The smallest absolute Gasteiger partial charge is 0.0602 e. The third kappa shape index (κ3) is 3.91. The van der Waals surface area contributed by atoms with Crippen LogP contribution in [0.4, 0.5) is 0 Å². The van der Waals surface area contributed by atoms with E-state index < -0.39 is 0 Å². The molecule has 1 heterocycles. The molecule has 2 unspecified atom stereocenters. The molecule has 102 valence electrons.